The van der Waals surface area contributed by atoms with E-state index in [1.807, 2.05) is 31.2 Å². The third-order valence-corrected chi connectivity index (χ3v) is 3.06. The Labute approximate surface area is 125 Å². The molecule has 0 fully saturated rings. The maximum Gasteiger partial charge on any atom is 0.325 e. The molecule has 1 aromatic carbocycles. The van der Waals surface area contributed by atoms with Crippen LogP contribution in [-0.2, 0) is 20.7 Å². The molecule has 0 unspecified atom stereocenters. The molecule has 1 aromatic rings. The lowest BCUT2D eigenvalue weighted by atomic mass is 10.2. The first kappa shape index (κ1) is 17.0. The van der Waals surface area contributed by atoms with Gasteiger partial charge < -0.3 is 14.4 Å². The van der Waals surface area contributed by atoms with Crippen LogP contribution in [0.3, 0.4) is 0 Å². The van der Waals surface area contributed by atoms with Gasteiger partial charge in [0.2, 0.25) is 0 Å². The Morgan fingerprint density at radius 2 is 2.00 bits per heavy atom. The van der Waals surface area contributed by atoms with Crippen molar-refractivity contribution in [3.05, 3.63) is 29.8 Å². The zero-order valence-corrected chi connectivity index (χ0v) is 12.9. The number of nitrogens with zero attached hydrogens (tertiary/aromatic N) is 1. The molecule has 21 heavy (non-hydrogen) atoms. The van der Waals surface area contributed by atoms with Crippen molar-refractivity contribution in [2.75, 3.05) is 26.8 Å². The van der Waals surface area contributed by atoms with Gasteiger partial charge in [0, 0.05) is 6.54 Å². The van der Waals surface area contributed by atoms with Gasteiger partial charge in [-0.25, -0.2) is 0 Å². The predicted octanol–water partition coefficient (Wildman–Crippen LogP) is 2.04. The van der Waals surface area contributed by atoms with Crippen molar-refractivity contribution in [3.63, 3.8) is 0 Å². The van der Waals surface area contributed by atoms with E-state index in [1.54, 1.807) is 0 Å². The summed E-state index contributed by atoms with van der Waals surface area (Å²) in [5, 5.41) is 0. The van der Waals surface area contributed by atoms with Gasteiger partial charge in [0.25, 0.3) is 5.91 Å². The van der Waals surface area contributed by atoms with E-state index in [0.717, 1.165) is 18.4 Å². The number of rotatable bonds is 8. The van der Waals surface area contributed by atoms with Crippen molar-refractivity contribution in [2.24, 2.45) is 0 Å². The van der Waals surface area contributed by atoms with Crippen molar-refractivity contribution < 1.29 is 19.1 Å². The van der Waals surface area contributed by atoms with E-state index < -0.39 is 5.97 Å². The maximum atomic E-state index is 12.1. The van der Waals surface area contributed by atoms with Crippen molar-refractivity contribution in [1.29, 1.82) is 0 Å². The number of methoxy groups -OCH3 is 1. The summed E-state index contributed by atoms with van der Waals surface area (Å²) in [6, 6.07) is 7.64. The highest BCUT2D eigenvalue weighted by Gasteiger charge is 2.17. The summed E-state index contributed by atoms with van der Waals surface area (Å²) >= 11 is 0. The van der Waals surface area contributed by atoms with Gasteiger partial charge in [-0.3, -0.25) is 9.59 Å². The molecule has 0 heterocycles. The summed E-state index contributed by atoms with van der Waals surface area (Å²) in [5.74, 6) is 0.0196. The minimum atomic E-state index is -0.426. The highest BCUT2D eigenvalue weighted by Crippen LogP contribution is 2.13. The molecule has 0 aliphatic rings. The molecule has 0 radical (unpaired) electrons. The van der Waals surface area contributed by atoms with Crippen LogP contribution in [0.1, 0.15) is 25.8 Å². The zero-order chi connectivity index (χ0) is 15.7. The van der Waals surface area contributed by atoms with Gasteiger partial charge in [0.05, 0.1) is 7.11 Å². The number of ether oxygens (including phenoxy) is 2. The smallest absolute Gasteiger partial charge is 0.325 e. The molecule has 0 N–H and O–H groups in total. The fraction of sp³-hybridized carbons (Fsp3) is 0.500. The summed E-state index contributed by atoms with van der Waals surface area (Å²) in [6.45, 7) is 4.39. The topological polar surface area (TPSA) is 55.8 Å². The summed E-state index contributed by atoms with van der Waals surface area (Å²) < 4.78 is 10.1. The van der Waals surface area contributed by atoms with E-state index in [2.05, 4.69) is 11.7 Å². The number of hydrogen-bond donors (Lipinski definition) is 0. The largest absolute Gasteiger partial charge is 0.484 e. The SMILES string of the molecule is CCCN(CC(=O)OC)C(=O)COc1cccc(CC)c1. The molecule has 116 valence electrons. The average molecular weight is 293 g/mol. The van der Waals surface area contributed by atoms with Gasteiger partial charge in [-0.1, -0.05) is 26.0 Å². The lowest BCUT2D eigenvalue weighted by molar-refractivity contribution is -0.147. The second-order valence-corrected chi connectivity index (χ2v) is 4.68. The predicted molar refractivity (Wildman–Crippen MR) is 80.2 cm³/mol. The normalized spacial score (nSPS) is 10.0. The number of carbonyl (C=O) groups is 2. The van der Waals surface area contributed by atoms with Gasteiger partial charge in [-0.05, 0) is 30.5 Å². The van der Waals surface area contributed by atoms with Gasteiger partial charge in [0.15, 0.2) is 6.61 Å². The Morgan fingerprint density at radius 3 is 2.62 bits per heavy atom. The lowest BCUT2D eigenvalue weighted by Crippen LogP contribution is -2.39. The number of amides is 1. The van der Waals surface area contributed by atoms with E-state index in [0.29, 0.717) is 12.3 Å². The summed E-state index contributed by atoms with van der Waals surface area (Å²) in [7, 11) is 1.31. The Morgan fingerprint density at radius 1 is 1.24 bits per heavy atom. The van der Waals surface area contributed by atoms with Crippen molar-refractivity contribution >= 4 is 11.9 Å². The Balaban J connectivity index is 2.57. The quantitative estimate of drug-likeness (QED) is 0.688. The molecule has 0 saturated heterocycles. The molecule has 0 bridgehead atoms. The van der Waals surface area contributed by atoms with E-state index in [1.165, 1.54) is 12.0 Å². The number of benzene rings is 1. The monoisotopic (exact) mass is 293 g/mol. The molecule has 1 amide bonds. The zero-order valence-electron chi connectivity index (χ0n) is 12.9. The second kappa shape index (κ2) is 9.00. The number of aryl methyl sites for hydroxylation is 1. The standard InChI is InChI=1S/C16H23NO4/c1-4-9-17(11-16(19)20-3)15(18)12-21-14-8-6-7-13(5-2)10-14/h6-8,10H,4-5,9,11-12H2,1-3H3. The van der Waals surface area contributed by atoms with Crippen LogP contribution in [0.4, 0.5) is 0 Å². The van der Waals surface area contributed by atoms with Crippen LogP contribution in [-0.4, -0.2) is 43.6 Å². The molecule has 0 atom stereocenters. The van der Waals surface area contributed by atoms with Crippen LogP contribution in [0, 0.1) is 0 Å². The number of carbonyl (C=O) groups excluding carboxylic acids is 2. The van der Waals surface area contributed by atoms with Crippen LogP contribution < -0.4 is 4.74 Å². The first-order valence-electron chi connectivity index (χ1n) is 7.17. The van der Waals surface area contributed by atoms with Gasteiger partial charge in [-0.15, -0.1) is 0 Å². The third-order valence-electron chi connectivity index (χ3n) is 3.06. The van der Waals surface area contributed by atoms with Crippen molar-refractivity contribution in [3.8, 4) is 5.75 Å². The second-order valence-electron chi connectivity index (χ2n) is 4.68. The van der Waals surface area contributed by atoms with Crippen LogP contribution in [0.2, 0.25) is 0 Å². The van der Waals surface area contributed by atoms with Gasteiger partial charge >= 0.3 is 5.97 Å². The van der Waals surface area contributed by atoms with E-state index in [9.17, 15) is 9.59 Å². The van der Waals surface area contributed by atoms with Crippen LogP contribution in [0.25, 0.3) is 0 Å². The van der Waals surface area contributed by atoms with Crippen molar-refractivity contribution in [2.45, 2.75) is 26.7 Å². The van der Waals surface area contributed by atoms with Crippen molar-refractivity contribution in [1.82, 2.24) is 4.90 Å². The molecule has 0 aliphatic carbocycles. The maximum absolute atomic E-state index is 12.1. The molecule has 5 heteroatoms. The van der Waals surface area contributed by atoms with Crippen LogP contribution >= 0.6 is 0 Å². The summed E-state index contributed by atoms with van der Waals surface area (Å²) in [4.78, 5) is 24.9. The average Bonchev–Trinajstić information content (AvgIpc) is 2.52. The van der Waals surface area contributed by atoms with Crippen LogP contribution in [0.15, 0.2) is 24.3 Å². The third kappa shape index (κ3) is 5.85. The Hall–Kier alpha value is -2.04. The van der Waals surface area contributed by atoms with E-state index in [-0.39, 0.29) is 19.1 Å². The Kier molecular flexibility index (Phi) is 7.29. The lowest BCUT2D eigenvalue weighted by Gasteiger charge is -2.20. The highest BCUT2D eigenvalue weighted by atomic mass is 16.5. The molecule has 5 nitrogen and oxygen atoms in total. The Bertz CT molecular complexity index is 473. The number of esters is 1. The fourth-order valence-corrected chi connectivity index (χ4v) is 1.87. The molecule has 1 rings (SSSR count). The van der Waals surface area contributed by atoms with Gasteiger partial charge in [-0.2, -0.15) is 0 Å². The highest BCUT2D eigenvalue weighted by molar-refractivity contribution is 5.83. The molecule has 0 spiro atoms. The minimum Gasteiger partial charge on any atom is -0.484 e. The van der Waals surface area contributed by atoms with Gasteiger partial charge in [0.1, 0.15) is 12.3 Å². The minimum absolute atomic E-state index is 0.0401. The molecule has 0 aliphatic heterocycles. The fourth-order valence-electron chi connectivity index (χ4n) is 1.87. The van der Waals surface area contributed by atoms with E-state index in [4.69, 9.17) is 4.74 Å². The van der Waals surface area contributed by atoms with Crippen LogP contribution in [0.5, 0.6) is 5.75 Å². The first-order valence-corrected chi connectivity index (χ1v) is 7.17. The molecular formula is C16H23NO4. The summed E-state index contributed by atoms with van der Waals surface area (Å²) in [5.41, 5.74) is 1.15. The first-order chi connectivity index (χ1) is 10.1. The van der Waals surface area contributed by atoms with E-state index >= 15 is 0 Å². The molecular weight excluding hydrogens is 270 g/mol. The molecule has 0 saturated carbocycles. The molecule has 0 aromatic heterocycles. The summed E-state index contributed by atoms with van der Waals surface area (Å²) in [6.07, 6.45) is 1.68. The number of hydrogen-bond acceptors (Lipinski definition) is 4.